The zero-order chi connectivity index (χ0) is 12.1. The van der Waals surface area contributed by atoms with Crippen molar-refractivity contribution in [2.24, 2.45) is 0 Å². The van der Waals surface area contributed by atoms with Gasteiger partial charge in [0.25, 0.3) is 0 Å². The van der Waals surface area contributed by atoms with Crippen LogP contribution in [0.1, 0.15) is 48.0 Å². The lowest BCUT2D eigenvalue weighted by atomic mass is 10.0. The summed E-state index contributed by atoms with van der Waals surface area (Å²) in [6.07, 6.45) is 0.968. The molecule has 3 nitrogen and oxygen atoms in total. The first-order valence-corrected chi connectivity index (χ1v) is 5.77. The topological polar surface area (TPSA) is 41.5 Å². The lowest BCUT2D eigenvalue weighted by Gasteiger charge is -2.35. The summed E-state index contributed by atoms with van der Waals surface area (Å²) in [6.45, 7) is 13.0. The number of rotatable bonds is 7. The Morgan fingerprint density at radius 3 is 2.13 bits per heavy atom. The number of aliphatic hydroxyl groups excluding tert-OH is 1. The Kier molecular flexibility index (Phi) is 5.78. The minimum absolute atomic E-state index is 0.0883. The highest BCUT2D eigenvalue weighted by molar-refractivity contribution is 4.85. The predicted octanol–water partition coefficient (Wildman–Crippen LogP) is 1.94. The van der Waals surface area contributed by atoms with Crippen LogP contribution in [-0.4, -0.2) is 35.5 Å². The molecule has 1 atom stereocenters. The molecular formula is C12H27NO2. The molecule has 0 radical (unpaired) electrons. The van der Waals surface area contributed by atoms with Gasteiger partial charge in [0.2, 0.25) is 0 Å². The first-order valence-electron chi connectivity index (χ1n) is 5.77. The van der Waals surface area contributed by atoms with Crippen molar-refractivity contribution in [3.8, 4) is 0 Å². The largest absolute Gasteiger partial charge is 0.394 e. The van der Waals surface area contributed by atoms with E-state index in [4.69, 9.17) is 4.74 Å². The van der Waals surface area contributed by atoms with Gasteiger partial charge in [-0.25, -0.2) is 0 Å². The monoisotopic (exact) mass is 217 g/mol. The van der Waals surface area contributed by atoms with Gasteiger partial charge < -0.3 is 15.2 Å². The van der Waals surface area contributed by atoms with Crippen LogP contribution in [0.15, 0.2) is 0 Å². The fourth-order valence-corrected chi connectivity index (χ4v) is 1.29. The molecule has 0 spiro atoms. The second kappa shape index (κ2) is 5.83. The van der Waals surface area contributed by atoms with E-state index in [1.54, 1.807) is 0 Å². The smallest absolute Gasteiger partial charge is 0.0675 e. The average Bonchev–Trinajstić information content (AvgIpc) is 2.14. The summed E-state index contributed by atoms with van der Waals surface area (Å²) in [5.74, 6) is 0. The number of ether oxygens (including phenoxy) is 1. The number of aliphatic hydroxyl groups is 1. The summed E-state index contributed by atoms with van der Waals surface area (Å²) in [5.41, 5.74) is -0.463. The molecule has 0 amide bonds. The van der Waals surface area contributed by atoms with Crippen molar-refractivity contribution in [2.75, 3.05) is 13.2 Å². The molecule has 15 heavy (non-hydrogen) atoms. The zero-order valence-electron chi connectivity index (χ0n) is 11.1. The van der Waals surface area contributed by atoms with Crippen molar-refractivity contribution < 1.29 is 9.84 Å². The third kappa shape index (κ3) is 6.13. The predicted molar refractivity (Wildman–Crippen MR) is 64.1 cm³/mol. The van der Waals surface area contributed by atoms with Gasteiger partial charge >= 0.3 is 0 Å². The summed E-state index contributed by atoms with van der Waals surface area (Å²) in [5, 5.41) is 12.7. The van der Waals surface area contributed by atoms with E-state index in [1.807, 2.05) is 6.92 Å². The van der Waals surface area contributed by atoms with Crippen molar-refractivity contribution in [2.45, 2.75) is 65.1 Å². The van der Waals surface area contributed by atoms with E-state index in [2.05, 4.69) is 39.9 Å². The molecule has 0 aliphatic rings. The van der Waals surface area contributed by atoms with Crippen LogP contribution in [0.3, 0.4) is 0 Å². The van der Waals surface area contributed by atoms with Crippen molar-refractivity contribution in [3.63, 3.8) is 0 Å². The fourth-order valence-electron chi connectivity index (χ4n) is 1.29. The van der Waals surface area contributed by atoms with Gasteiger partial charge in [0.15, 0.2) is 0 Å². The van der Waals surface area contributed by atoms with Crippen LogP contribution in [0, 0.1) is 0 Å². The third-order valence-corrected chi connectivity index (χ3v) is 2.62. The lowest BCUT2D eigenvalue weighted by Crippen LogP contribution is -2.53. The van der Waals surface area contributed by atoms with E-state index in [1.165, 1.54) is 0 Å². The molecule has 0 saturated carbocycles. The second-order valence-corrected chi connectivity index (χ2v) is 5.42. The molecule has 0 aromatic carbocycles. The number of hydrogen-bond donors (Lipinski definition) is 2. The van der Waals surface area contributed by atoms with Gasteiger partial charge in [0.1, 0.15) is 0 Å². The molecule has 0 saturated heterocycles. The summed E-state index contributed by atoms with van der Waals surface area (Å²) in [4.78, 5) is 0. The minimum atomic E-state index is -0.347. The molecule has 0 aromatic heterocycles. The van der Waals surface area contributed by atoms with E-state index in [0.29, 0.717) is 12.6 Å². The van der Waals surface area contributed by atoms with Gasteiger partial charge in [0, 0.05) is 6.04 Å². The molecule has 0 rings (SSSR count). The van der Waals surface area contributed by atoms with E-state index in [-0.39, 0.29) is 17.7 Å². The molecule has 0 bridgehead atoms. The quantitative estimate of drug-likeness (QED) is 0.685. The maximum atomic E-state index is 9.36. The Labute approximate surface area is 94.2 Å². The second-order valence-electron chi connectivity index (χ2n) is 5.42. The highest BCUT2D eigenvalue weighted by atomic mass is 16.5. The molecule has 0 fully saturated rings. The maximum absolute atomic E-state index is 9.36. The van der Waals surface area contributed by atoms with E-state index in [9.17, 15) is 5.11 Å². The van der Waals surface area contributed by atoms with Gasteiger partial charge in [-0.05, 0) is 27.2 Å². The Bertz CT molecular complexity index is 180. The molecular weight excluding hydrogens is 190 g/mol. The molecule has 3 heteroatoms. The van der Waals surface area contributed by atoms with Gasteiger partial charge in [0.05, 0.1) is 24.4 Å². The fraction of sp³-hybridized carbons (Fsp3) is 1.00. The van der Waals surface area contributed by atoms with E-state index >= 15 is 0 Å². The van der Waals surface area contributed by atoms with Crippen LogP contribution >= 0.6 is 0 Å². The molecule has 0 aliphatic heterocycles. The Morgan fingerprint density at radius 1 is 1.27 bits per heavy atom. The average molecular weight is 217 g/mol. The number of nitrogens with one attached hydrogen (secondary N) is 1. The Balaban J connectivity index is 4.20. The highest BCUT2D eigenvalue weighted by Crippen LogP contribution is 2.16. The maximum Gasteiger partial charge on any atom is 0.0675 e. The van der Waals surface area contributed by atoms with Crippen LogP contribution in [0.2, 0.25) is 0 Å². The molecule has 1 unspecified atom stereocenters. The molecule has 0 aromatic rings. The van der Waals surface area contributed by atoms with Crippen molar-refractivity contribution in [1.29, 1.82) is 0 Å². The van der Waals surface area contributed by atoms with Gasteiger partial charge in [-0.15, -0.1) is 0 Å². The molecule has 0 heterocycles. The van der Waals surface area contributed by atoms with E-state index in [0.717, 1.165) is 6.42 Å². The van der Waals surface area contributed by atoms with Crippen molar-refractivity contribution in [3.05, 3.63) is 0 Å². The number of hydrogen-bond acceptors (Lipinski definition) is 3. The van der Waals surface area contributed by atoms with Gasteiger partial charge in [-0.3, -0.25) is 0 Å². The first kappa shape index (κ1) is 14.9. The van der Waals surface area contributed by atoms with E-state index < -0.39 is 0 Å². The standard InChI is InChI=1S/C12H27NO2/c1-7-11(4,5)15-9-12(6,8-14)13-10(2)3/h10,13-14H,7-9H2,1-6H3. The molecule has 92 valence electrons. The lowest BCUT2D eigenvalue weighted by molar-refractivity contribution is -0.0589. The van der Waals surface area contributed by atoms with Crippen LogP contribution < -0.4 is 5.32 Å². The zero-order valence-corrected chi connectivity index (χ0v) is 11.1. The summed E-state index contributed by atoms with van der Waals surface area (Å²) >= 11 is 0. The van der Waals surface area contributed by atoms with Crippen LogP contribution in [0.5, 0.6) is 0 Å². The highest BCUT2D eigenvalue weighted by Gasteiger charge is 2.27. The summed E-state index contributed by atoms with van der Waals surface area (Å²) < 4.78 is 5.81. The Hall–Kier alpha value is -0.120. The Morgan fingerprint density at radius 2 is 1.80 bits per heavy atom. The molecule has 2 N–H and O–H groups in total. The SMILES string of the molecule is CCC(C)(C)OCC(C)(CO)NC(C)C. The normalized spacial score (nSPS) is 16.8. The van der Waals surface area contributed by atoms with Crippen LogP contribution in [0.25, 0.3) is 0 Å². The van der Waals surface area contributed by atoms with Crippen molar-refractivity contribution >= 4 is 0 Å². The minimum Gasteiger partial charge on any atom is -0.394 e. The van der Waals surface area contributed by atoms with Crippen LogP contribution in [-0.2, 0) is 4.74 Å². The van der Waals surface area contributed by atoms with Gasteiger partial charge in [-0.2, -0.15) is 0 Å². The molecule has 0 aliphatic carbocycles. The third-order valence-electron chi connectivity index (χ3n) is 2.62. The van der Waals surface area contributed by atoms with Crippen LogP contribution in [0.4, 0.5) is 0 Å². The summed E-state index contributed by atoms with van der Waals surface area (Å²) in [7, 11) is 0. The van der Waals surface area contributed by atoms with Crippen molar-refractivity contribution in [1.82, 2.24) is 5.32 Å². The summed E-state index contributed by atoms with van der Waals surface area (Å²) in [6, 6.07) is 0.343. The first-order chi connectivity index (χ1) is 6.74. The van der Waals surface area contributed by atoms with Gasteiger partial charge in [-0.1, -0.05) is 20.8 Å².